The molecule has 4 heteroatoms. The van der Waals surface area contributed by atoms with Gasteiger partial charge in [-0.3, -0.25) is 4.79 Å². The van der Waals surface area contributed by atoms with Crippen LogP contribution in [0.2, 0.25) is 0 Å². The number of hydrogen-bond donors (Lipinski definition) is 1. The molecule has 1 aliphatic rings. The van der Waals surface area contributed by atoms with Gasteiger partial charge in [0.1, 0.15) is 5.54 Å². The molecule has 0 bridgehead atoms. The number of esters is 1. The van der Waals surface area contributed by atoms with Gasteiger partial charge in [-0.1, -0.05) is 0 Å². The Morgan fingerprint density at radius 3 is 2.92 bits per heavy atom. The normalized spacial score (nSPS) is 28.8. The van der Waals surface area contributed by atoms with Crippen LogP contribution in [0.25, 0.3) is 0 Å². The minimum absolute atomic E-state index is 0.180. The first-order valence-electron chi connectivity index (χ1n) is 4.14. The van der Waals surface area contributed by atoms with Gasteiger partial charge in [0, 0.05) is 5.88 Å². The van der Waals surface area contributed by atoms with Crippen LogP contribution in [0.15, 0.2) is 0 Å². The standard InChI is InChI=1S/C8H14ClNO2/c1-12-7(11)8(4-5-9)3-2-6-10-8/h10H,2-6H2,1H3. The maximum Gasteiger partial charge on any atom is 0.326 e. The van der Waals surface area contributed by atoms with Crippen molar-refractivity contribution in [2.45, 2.75) is 24.8 Å². The third kappa shape index (κ3) is 1.72. The maximum absolute atomic E-state index is 11.4. The largest absolute Gasteiger partial charge is 0.468 e. The van der Waals surface area contributed by atoms with Crippen molar-refractivity contribution in [3.05, 3.63) is 0 Å². The van der Waals surface area contributed by atoms with Gasteiger partial charge in [0.15, 0.2) is 0 Å². The summed E-state index contributed by atoms with van der Waals surface area (Å²) in [6.45, 7) is 0.881. The summed E-state index contributed by atoms with van der Waals surface area (Å²) < 4.78 is 4.73. The first kappa shape index (κ1) is 9.81. The SMILES string of the molecule is COC(=O)C1(CCCl)CCCN1. The fourth-order valence-electron chi connectivity index (χ4n) is 1.65. The third-order valence-corrected chi connectivity index (χ3v) is 2.53. The van der Waals surface area contributed by atoms with Crippen molar-refractivity contribution in [1.29, 1.82) is 0 Å². The molecular formula is C8H14ClNO2. The average molecular weight is 192 g/mol. The van der Waals surface area contributed by atoms with E-state index in [0.29, 0.717) is 12.3 Å². The van der Waals surface area contributed by atoms with Crippen LogP contribution in [0, 0.1) is 0 Å². The second-order valence-corrected chi connectivity index (χ2v) is 3.42. The highest BCUT2D eigenvalue weighted by atomic mass is 35.5. The van der Waals surface area contributed by atoms with Gasteiger partial charge in [0.25, 0.3) is 0 Å². The van der Waals surface area contributed by atoms with Gasteiger partial charge in [-0.15, -0.1) is 11.6 Å². The zero-order valence-corrected chi connectivity index (χ0v) is 7.99. The molecule has 0 amide bonds. The summed E-state index contributed by atoms with van der Waals surface area (Å²) in [4.78, 5) is 11.4. The molecule has 1 N–H and O–H groups in total. The van der Waals surface area contributed by atoms with E-state index in [4.69, 9.17) is 16.3 Å². The van der Waals surface area contributed by atoms with Gasteiger partial charge >= 0.3 is 5.97 Å². The number of ether oxygens (including phenoxy) is 1. The fraction of sp³-hybridized carbons (Fsp3) is 0.875. The molecule has 1 heterocycles. The summed E-state index contributed by atoms with van der Waals surface area (Å²) in [5.74, 6) is 0.308. The highest BCUT2D eigenvalue weighted by molar-refractivity contribution is 6.18. The number of carbonyl (C=O) groups is 1. The molecule has 0 radical (unpaired) electrons. The van der Waals surface area contributed by atoms with Crippen LogP contribution in [0.1, 0.15) is 19.3 Å². The molecule has 1 atom stereocenters. The van der Waals surface area contributed by atoms with Crippen molar-refractivity contribution in [2.24, 2.45) is 0 Å². The van der Waals surface area contributed by atoms with Gasteiger partial charge in [0.05, 0.1) is 7.11 Å². The first-order valence-corrected chi connectivity index (χ1v) is 4.68. The molecular weight excluding hydrogens is 178 g/mol. The lowest BCUT2D eigenvalue weighted by Gasteiger charge is -2.25. The Kier molecular flexibility index (Phi) is 3.35. The lowest BCUT2D eigenvalue weighted by Crippen LogP contribution is -2.48. The Morgan fingerprint density at radius 2 is 2.50 bits per heavy atom. The number of carbonyl (C=O) groups excluding carboxylic acids is 1. The Hall–Kier alpha value is -0.280. The van der Waals surface area contributed by atoms with E-state index in [1.165, 1.54) is 7.11 Å². The van der Waals surface area contributed by atoms with Crippen LogP contribution in [0.5, 0.6) is 0 Å². The minimum atomic E-state index is -0.490. The quantitative estimate of drug-likeness (QED) is 0.533. The van der Waals surface area contributed by atoms with Gasteiger partial charge in [-0.05, 0) is 25.8 Å². The highest BCUT2D eigenvalue weighted by Gasteiger charge is 2.41. The molecule has 1 rings (SSSR count). The van der Waals surface area contributed by atoms with Gasteiger partial charge < -0.3 is 10.1 Å². The lowest BCUT2D eigenvalue weighted by atomic mass is 9.94. The van der Waals surface area contributed by atoms with Crippen molar-refractivity contribution in [1.82, 2.24) is 5.32 Å². The highest BCUT2D eigenvalue weighted by Crippen LogP contribution is 2.24. The second-order valence-electron chi connectivity index (χ2n) is 3.04. The summed E-state index contributed by atoms with van der Waals surface area (Å²) in [6, 6.07) is 0. The maximum atomic E-state index is 11.4. The summed E-state index contributed by atoms with van der Waals surface area (Å²) in [7, 11) is 1.41. The summed E-state index contributed by atoms with van der Waals surface area (Å²) in [5, 5.41) is 3.16. The molecule has 1 unspecified atom stereocenters. The van der Waals surface area contributed by atoms with Crippen LogP contribution >= 0.6 is 11.6 Å². The second kappa shape index (κ2) is 4.10. The number of hydrogen-bond acceptors (Lipinski definition) is 3. The number of rotatable bonds is 3. The van der Waals surface area contributed by atoms with E-state index in [1.54, 1.807) is 0 Å². The topological polar surface area (TPSA) is 38.3 Å². The van der Waals surface area contributed by atoms with E-state index in [2.05, 4.69) is 5.32 Å². The van der Waals surface area contributed by atoms with Crippen molar-refractivity contribution in [3.8, 4) is 0 Å². The summed E-state index contributed by atoms with van der Waals surface area (Å²) in [5.41, 5.74) is -0.490. The first-order chi connectivity index (χ1) is 5.75. The minimum Gasteiger partial charge on any atom is -0.468 e. The lowest BCUT2D eigenvalue weighted by molar-refractivity contribution is -0.148. The number of alkyl halides is 1. The smallest absolute Gasteiger partial charge is 0.326 e. The number of methoxy groups -OCH3 is 1. The van der Waals surface area contributed by atoms with Crippen LogP contribution in [0.3, 0.4) is 0 Å². The van der Waals surface area contributed by atoms with Crippen LogP contribution in [-0.2, 0) is 9.53 Å². The van der Waals surface area contributed by atoms with Crippen molar-refractivity contribution >= 4 is 17.6 Å². The van der Waals surface area contributed by atoms with Crippen molar-refractivity contribution in [3.63, 3.8) is 0 Å². The molecule has 1 saturated heterocycles. The van der Waals surface area contributed by atoms with Crippen LogP contribution < -0.4 is 5.32 Å². The van der Waals surface area contributed by atoms with Gasteiger partial charge in [-0.25, -0.2) is 0 Å². The third-order valence-electron chi connectivity index (χ3n) is 2.34. The molecule has 12 heavy (non-hydrogen) atoms. The van der Waals surface area contributed by atoms with E-state index in [0.717, 1.165) is 19.4 Å². The molecule has 1 fully saturated rings. The molecule has 0 spiro atoms. The predicted octanol–water partition coefficient (Wildman–Crippen LogP) is 0.910. The zero-order valence-electron chi connectivity index (χ0n) is 7.23. The molecule has 0 saturated carbocycles. The van der Waals surface area contributed by atoms with E-state index in [-0.39, 0.29) is 5.97 Å². The molecule has 0 aliphatic carbocycles. The molecule has 0 aromatic rings. The summed E-state index contributed by atoms with van der Waals surface area (Å²) in [6.07, 6.45) is 2.51. The Bertz CT molecular complexity index is 166. The Morgan fingerprint density at radius 1 is 1.75 bits per heavy atom. The van der Waals surface area contributed by atoms with Crippen LogP contribution in [0.4, 0.5) is 0 Å². The molecule has 0 aromatic heterocycles. The molecule has 70 valence electrons. The zero-order chi connectivity index (χ0) is 9.03. The molecule has 1 aliphatic heterocycles. The Labute approximate surface area is 77.4 Å². The molecule has 0 aromatic carbocycles. The van der Waals surface area contributed by atoms with E-state index >= 15 is 0 Å². The number of nitrogens with one attached hydrogen (secondary N) is 1. The average Bonchev–Trinajstić information content (AvgIpc) is 2.53. The monoisotopic (exact) mass is 191 g/mol. The summed E-state index contributed by atoms with van der Waals surface area (Å²) >= 11 is 5.62. The van der Waals surface area contributed by atoms with E-state index in [1.807, 2.05) is 0 Å². The van der Waals surface area contributed by atoms with Crippen molar-refractivity contribution < 1.29 is 9.53 Å². The van der Waals surface area contributed by atoms with Crippen molar-refractivity contribution in [2.75, 3.05) is 19.5 Å². The van der Waals surface area contributed by atoms with Gasteiger partial charge in [-0.2, -0.15) is 0 Å². The number of halogens is 1. The van der Waals surface area contributed by atoms with E-state index in [9.17, 15) is 4.79 Å². The van der Waals surface area contributed by atoms with Crippen LogP contribution in [-0.4, -0.2) is 31.0 Å². The van der Waals surface area contributed by atoms with E-state index < -0.39 is 5.54 Å². The van der Waals surface area contributed by atoms with Gasteiger partial charge in [0.2, 0.25) is 0 Å². The predicted molar refractivity (Wildman–Crippen MR) is 47.3 cm³/mol. The Balaban J connectivity index is 2.64. The fourth-order valence-corrected chi connectivity index (χ4v) is 1.98. The molecule has 3 nitrogen and oxygen atoms in total.